The number of aliphatic imine (C=N–C) groups is 1. The highest BCUT2D eigenvalue weighted by molar-refractivity contribution is 6.33. The molecule has 0 bridgehead atoms. The fourth-order valence-electron chi connectivity index (χ4n) is 2.26. The molecule has 1 unspecified atom stereocenters. The summed E-state index contributed by atoms with van der Waals surface area (Å²) in [6.45, 7) is 0.712. The molecule has 122 valence electrons. The predicted octanol–water partition coefficient (Wildman–Crippen LogP) is 4.08. The Morgan fingerprint density at radius 1 is 1.29 bits per heavy atom. The Morgan fingerprint density at radius 2 is 2.17 bits per heavy atom. The number of aromatic nitrogens is 2. The van der Waals surface area contributed by atoms with Gasteiger partial charge in [-0.05, 0) is 29.3 Å². The van der Waals surface area contributed by atoms with Gasteiger partial charge < -0.3 is 11.1 Å². The van der Waals surface area contributed by atoms with Gasteiger partial charge in [0.2, 0.25) is 5.28 Å². The van der Waals surface area contributed by atoms with Crippen molar-refractivity contribution in [2.24, 2.45) is 16.6 Å². The summed E-state index contributed by atoms with van der Waals surface area (Å²) in [4.78, 5) is 12.1. The van der Waals surface area contributed by atoms with Gasteiger partial charge in [-0.25, -0.2) is 4.98 Å². The molecule has 1 atom stereocenters. The number of halogens is 2. The summed E-state index contributed by atoms with van der Waals surface area (Å²) in [5, 5.41) is 3.68. The second-order valence-electron chi connectivity index (χ2n) is 5.27. The second-order valence-corrected chi connectivity index (χ2v) is 6.02. The molecule has 0 fully saturated rings. The molecular weight excluding hydrogens is 345 g/mol. The maximum atomic E-state index is 6.07. The first-order valence-corrected chi connectivity index (χ1v) is 8.06. The van der Waals surface area contributed by atoms with Gasteiger partial charge in [-0.3, -0.25) is 4.99 Å². The lowest BCUT2D eigenvalue weighted by Gasteiger charge is -2.10. The first-order chi connectivity index (χ1) is 11.6. The lowest BCUT2D eigenvalue weighted by Crippen LogP contribution is -2.10. The average Bonchev–Trinajstić information content (AvgIpc) is 2.57. The smallest absolute Gasteiger partial charge is 0.224 e. The number of anilines is 2. The van der Waals surface area contributed by atoms with Gasteiger partial charge in [-0.1, -0.05) is 42.0 Å². The van der Waals surface area contributed by atoms with E-state index in [9.17, 15) is 0 Å². The van der Waals surface area contributed by atoms with Crippen LogP contribution < -0.4 is 11.1 Å². The molecule has 0 amide bonds. The number of rotatable bonds is 4. The van der Waals surface area contributed by atoms with Gasteiger partial charge in [0.15, 0.2) is 5.82 Å². The van der Waals surface area contributed by atoms with Gasteiger partial charge in [0.25, 0.3) is 0 Å². The van der Waals surface area contributed by atoms with Crippen LogP contribution in [0.4, 0.5) is 11.5 Å². The van der Waals surface area contributed by atoms with Gasteiger partial charge >= 0.3 is 0 Å². The Balaban J connectivity index is 1.74. The number of nitrogens with one attached hydrogen (secondary N) is 1. The molecule has 0 saturated carbocycles. The average molecular weight is 360 g/mol. The van der Waals surface area contributed by atoms with E-state index < -0.39 is 0 Å². The monoisotopic (exact) mass is 359 g/mol. The Hall–Kier alpha value is -2.37. The molecule has 1 aromatic carbocycles. The van der Waals surface area contributed by atoms with E-state index >= 15 is 0 Å². The van der Waals surface area contributed by atoms with Crippen LogP contribution >= 0.6 is 23.2 Å². The Labute approximate surface area is 149 Å². The number of hydrogen-bond acceptors (Lipinski definition) is 5. The fraction of sp³-hybridized carbons (Fsp3) is 0.118. The highest BCUT2D eigenvalue weighted by atomic mass is 35.5. The molecule has 0 aliphatic carbocycles. The van der Waals surface area contributed by atoms with Crippen molar-refractivity contribution >= 4 is 47.0 Å². The highest BCUT2D eigenvalue weighted by Gasteiger charge is 2.06. The number of hydrogen-bond donors (Lipinski definition) is 2. The van der Waals surface area contributed by atoms with Crippen LogP contribution in [-0.2, 0) is 0 Å². The zero-order chi connectivity index (χ0) is 16.9. The molecule has 5 nitrogen and oxygen atoms in total. The summed E-state index contributed by atoms with van der Waals surface area (Å²) in [7, 11) is 0. The van der Waals surface area contributed by atoms with Gasteiger partial charge in [0, 0.05) is 30.1 Å². The van der Waals surface area contributed by atoms with Gasteiger partial charge in [-0.2, -0.15) is 4.98 Å². The van der Waals surface area contributed by atoms with Crippen LogP contribution in [-0.4, -0.2) is 22.7 Å². The van der Waals surface area contributed by atoms with Crippen LogP contribution in [0.1, 0.15) is 5.56 Å². The highest BCUT2D eigenvalue weighted by Crippen LogP contribution is 2.24. The molecule has 1 aliphatic rings. The number of benzene rings is 1. The summed E-state index contributed by atoms with van der Waals surface area (Å²) in [6.07, 6.45) is 9.26. The van der Waals surface area contributed by atoms with Crippen LogP contribution in [0.2, 0.25) is 10.3 Å². The van der Waals surface area contributed by atoms with Gasteiger partial charge in [0.05, 0.1) is 6.20 Å². The van der Waals surface area contributed by atoms with E-state index in [-0.39, 0.29) is 11.2 Å². The van der Waals surface area contributed by atoms with Crippen LogP contribution in [0.25, 0.3) is 6.08 Å². The van der Waals surface area contributed by atoms with E-state index in [1.54, 1.807) is 6.21 Å². The van der Waals surface area contributed by atoms with Crippen LogP contribution in [0.15, 0.2) is 53.3 Å². The van der Waals surface area contributed by atoms with Crippen LogP contribution in [0.3, 0.4) is 0 Å². The Bertz CT molecular complexity index is 829. The maximum absolute atomic E-state index is 6.07. The minimum Gasteiger partial charge on any atom is -0.398 e. The molecule has 2 heterocycles. The molecule has 2 aromatic rings. The van der Waals surface area contributed by atoms with Crippen molar-refractivity contribution in [2.75, 3.05) is 11.9 Å². The lowest BCUT2D eigenvalue weighted by molar-refractivity contribution is 0.810. The zero-order valence-corrected chi connectivity index (χ0v) is 14.2. The van der Waals surface area contributed by atoms with E-state index in [1.807, 2.05) is 36.4 Å². The Kier molecular flexibility index (Phi) is 5.13. The number of nitrogens with zero attached hydrogens (tertiary/aromatic N) is 3. The summed E-state index contributed by atoms with van der Waals surface area (Å²) < 4.78 is 0. The van der Waals surface area contributed by atoms with E-state index in [0.29, 0.717) is 23.1 Å². The van der Waals surface area contributed by atoms with Crippen molar-refractivity contribution in [3.63, 3.8) is 0 Å². The second kappa shape index (κ2) is 7.47. The summed E-state index contributed by atoms with van der Waals surface area (Å²) in [5.41, 5.74) is 8.35. The molecule has 0 spiro atoms. The molecule has 1 aliphatic heterocycles. The first-order valence-electron chi connectivity index (χ1n) is 7.30. The summed E-state index contributed by atoms with van der Waals surface area (Å²) in [6, 6.07) is 7.87. The van der Waals surface area contributed by atoms with Gasteiger partial charge in [0.1, 0.15) is 5.02 Å². The van der Waals surface area contributed by atoms with Crippen molar-refractivity contribution < 1.29 is 0 Å². The van der Waals surface area contributed by atoms with Crippen molar-refractivity contribution in [3.8, 4) is 0 Å². The third-order valence-corrected chi connectivity index (χ3v) is 3.82. The van der Waals surface area contributed by atoms with Crippen molar-refractivity contribution in [1.82, 2.24) is 9.97 Å². The molecule has 3 N–H and O–H groups in total. The zero-order valence-electron chi connectivity index (χ0n) is 12.7. The van der Waals surface area contributed by atoms with E-state index in [1.165, 1.54) is 6.20 Å². The lowest BCUT2D eigenvalue weighted by atomic mass is 10.0. The number of nitrogens with two attached hydrogens (primary N) is 1. The summed E-state index contributed by atoms with van der Waals surface area (Å²) in [5.74, 6) is 0.678. The topological polar surface area (TPSA) is 76.2 Å². The molecule has 7 heteroatoms. The van der Waals surface area contributed by atoms with E-state index in [0.717, 1.165) is 11.3 Å². The maximum Gasteiger partial charge on any atom is 0.224 e. The van der Waals surface area contributed by atoms with Crippen LogP contribution in [0.5, 0.6) is 0 Å². The standard InChI is InChI=1S/C17H15Cl2N5/c18-15-10-22-17(19)24-16(15)23-14-3-1-2-11(7-14)4-5-12-6-13(20)9-21-8-12/h1-7,9-10,12H,8,20H2,(H,22,23,24)/b5-4-. The quantitative estimate of drug-likeness (QED) is 0.806. The molecule has 3 rings (SSSR count). The largest absolute Gasteiger partial charge is 0.398 e. The SMILES string of the molecule is NC1=CC(/C=C\c2cccc(Nc3nc(Cl)ncc3Cl)c2)CN=C1. The van der Waals surface area contributed by atoms with E-state index in [4.69, 9.17) is 28.9 Å². The molecule has 0 radical (unpaired) electrons. The molecular formula is C17H15Cl2N5. The molecule has 1 aromatic heterocycles. The third-order valence-electron chi connectivity index (χ3n) is 3.36. The van der Waals surface area contributed by atoms with Crippen LogP contribution in [0, 0.1) is 5.92 Å². The van der Waals surface area contributed by atoms with Crippen molar-refractivity contribution in [3.05, 3.63) is 64.2 Å². The summed E-state index contributed by atoms with van der Waals surface area (Å²) >= 11 is 11.9. The number of dihydropyridines is 1. The minimum absolute atomic E-state index is 0.139. The van der Waals surface area contributed by atoms with Crippen molar-refractivity contribution in [2.45, 2.75) is 0 Å². The Morgan fingerprint density at radius 3 is 3.00 bits per heavy atom. The van der Waals surface area contributed by atoms with Gasteiger partial charge in [-0.15, -0.1) is 0 Å². The molecule has 0 saturated heterocycles. The third kappa shape index (κ3) is 4.34. The first kappa shape index (κ1) is 16.5. The minimum atomic E-state index is 0.139. The van der Waals surface area contributed by atoms with E-state index in [2.05, 4.69) is 26.4 Å². The number of allylic oxidation sites excluding steroid dienone is 1. The predicted molar refractivity (Wildman–Crippen MR) is 99.9 cm³/mol. The normalized spacial score (nSPS) is 17.1. The fourth-order valence-corrected chi connectivity index (χ4v) is 2.54. The van der Waals surface area contributed by atoms with Crippen molar-refractivity contribution in [1.29, 1.82) is 0 Å². The molecule has 24 heavy (non-hydrogen) atoms.